The van der Waals surface area contributed by atoms with E-state index in [4.69, 9.17) is 10.8 Å². The Morgan fingerprint density at radius 3 is 2.38 bits per heavy atom. The topological polar surface area (TPSA) is 63.3 Å². The Morgan fingerprint density at radius 2 is 1.94 bits per heavy atom. The molecule has 90 valence electrons. The number of hydrogen-bond donors (Lipinski definition) is 2. The number of aliphatic carboxylic acids is 1. The SMILES string of the molecule is C.NC(C(=O)O)c1cccc(C(F)(F)F)c1. The molecule has 0 aliphatic carbocycles. The summed E-state index contributed by atoms with van der Waals surface area (Å²) in [6.45, 7) is 0. The van der Waals surface area contributed by atoms with Gasteiger partial charge in [-0.1, -0.05) is 19.6 Å². The maximum atomic E-state index is 12.2. The van der Waals surface area contributed by atoms with E-state index in [1.54, 1.807) is 0 Å². The number of carboxylic acids is 1. The molecule has 6 heteroatoms. The van der Waals surface area contributed by atoms with Gasteiger partial charge in [-0.25, -0.2) is 0 Å². The van der Waals surface area contributed by atoms with Crippen LogP contribution in [0.15, 0.2) is 24.3 Å². The van der Waals surface area contributed by atoms with Crippen LogP contribution in [-0.2, 0) is 11.0 Å². The van der Waals surface area contributed by atoms with E-state index in [0.717, 1.165) is 18.2 Å². The third kappa shape index (κ3) is 3.23. The summed E-state index contributed by atoms with van der Waals surface area (Å²) in [5, 5.41) is 8.52. The first-order valence-corrected chi connectivity index (χ1v) is 3.98. The zero-order valence-electron chi connectivity index (χ0n) is 7.45. The second-order valence-corrected chi connectivity index (χ2v) is 2.94. The summed E-state index contributed by atoms with van der Waals surface area (Å²) in [7, 11) is 0. The standard InChI is InChI=1S/C9H8F3NO2.CH4/c10-9(11,12)6-3-1-2-5(4-6)7(13)8(14)15;/h1-4,7H,13H2,(H,14,15);1H4. The first-order valence-electron chi connectivity index (χ1n) is 3.98. The molecule has 1 aromatic carbocycles. The molecule has 1 unspecified atom stereocenters. The maximum Gasteiger partial charge on any atom is 0.416 e. The molecule has 0 fully saturated rings. The molecule has 0 radical (unpaired) electrons. The van der Waals surface area contributed by atoms with Crippen LogP contribution >= 0.6 is 0 Å². The first-order chi connectivity index (χ1) is 6.82. The molecule has 0 heterocycles. The summed E-state index contributed by atoms with van der Waals surface area (Å²) in [4.78, 5) is 10.5. The average molecular weight is 235 g/mol. The normalized spacial score (nSPS) is 12.8. The lowest BCUT2D eigenvalue weighted by molar-refractivity contribution is -0.140. The van der Waals surface area contributed by atoms with Gasteiger partial charge in [0, 0.05) is 0 Å². The van der Waals surface area contributed by atoms with Crippen molar-refractivity contribution in [2.75, 3.05) is 0 Å². The highest BCUT2D eigenvalue weighted by Crippen LogP contribution is 2.30. The zero-order valence-corrected chi connectivity index (χ0v) is 7.45. The van der Waals surface area contributed by atoms with Crippen molar-refractivity contribution in [1.82, 2.24) is 0 Å². The third-order valence-corrected chi connectivity index (χ3v) is 1.84. The van der Waals surface area contributed by atoms with Crippen LogP contribution in [-0.4, -0.2) is 11.1 Å². The molecule has 3 nitrogen and oxygen atoms in total. The summed E-state index contributed by atoms with van der Waals surface area (Å²) in [5.41, 5.74) is 4.21. The third-order valence-electron chi connectivity index (χ3n) is 1.84. The van der Waals surface area contributed by atoms with Crippen LogP contribution in [0, 0.1) is 0 Å². The largest absolute Gasteiger partial charge is 0.480 e. The second kappa shape index (κ2) is 4.98. The number of benzene rings is 1. The molecule has 0 aliphatic heterocycles. The Kier molecular flexibility index (Phi) is 4.49. The van der Waals surface area contributed by atoms with E-state index < -0.39 is 23.8 Å². The number of alkyl halides is 3. The Hall–Kier alpha value is -1.56. The number of rotatable bonds is 2. The van der Waals surface area contributed by atoms with Crippen LogP contribution in [0.4, 0.5) is 13.2 Å². The fourth-order valence-corrected chi connectivity index (χ4v) is 1.05. The first kappa shape index (κ1) is 14.4. The molecule has 1 atom stereocenters. The Labute approximate surface area is 90.7 Å². The quantitative estimate of drug-likeness (QED) is 0.827. The minimum absolute atomic E-state index is 0. The van der Waals surface area contributed by atoms with Crippen molar-refractivity contribution in [3.63, 3.8) is 0 Å². The molecule has 0 bridgehead atoms. The van der Waals surface area contributed by atoms with Crippen LogP contribution in [0.2, 0.25) is 0 Å². The van der Waals surface area contributed by atoms with E-state index in [1.807, 2.05) is 0 Å². The monoisotopic (exact) mass is 235 g/mol. The lowest BCUT2D eigenvalue weighted by atomic mass is 10.0. The molecule has 0 aliphatic rings. The average Bonchev–Trinajstić information content (AvgIpc) is 2.15. The van der Waals surface area contributed by atoms with Gasteiger partial charge in [0.1, 0.15) is 6.04 Å². The lowest BCUT2D eigenvalue weighted by Gasteiger charge is -2.10. The molecule has 0 spiro atoms. The van der Waals surface area contributed by atoms with Crippen molar-refractivity contribution in [2.24, 2.45) is 5.73 Å². The molecule has 16 heavy (non-hydrogen) atoms. The van der Waals surface area contributed by atoms with Gasteiger partial charge in [-0.2, -0.15) is 13.2 Å². The summed E-state index contributed by atoms with van der Waals surface area (Å²) in [6, 6.07) is 2.53. The number of halogens is 3. The van der Waals surface area contributed by atoms with Crippen molar-refractivity contribution < 1.29 is 23.1 Å². The zero-order chi connectivity index (χ0) is 11.6. The Bertz CT molecular complexity index is 377. The number of carboxylic acid groups (broad SMARTS) is 1. The molecular weight excluding hydrogens is 223 g/mol. The van der Waals surface area contributed by atoms with Gasteiger partial charge in [0.05, 0.1) is 5.56 Å². The summed E-state index contributed by atoms with van der Waals surface area (Å²) in [6.07, 6.45) is -4.49. The fourth-order valence-electron chi connectivity index (χ4n) is 1.05. The van der Waals surface area contributed by atoms with Gasteiger partial charge in [-0.3, -0.25) is 4.79 Å². The molecule has 3 N–H and O–H groups in total. The van der Waals surface area contributed by atoms with Crippen LogP contribution < -0.4 is 5.73 Å². The lowest BCUT2D eigenvalue weighted by Crippen LogP contribution is -2.21. The van der Waals surface area contributed by atoms with Crippen molar-refractivity contribution in [2.45, 2.75) is 19.6 Å². The van der Waals surface area contributed by atoms with Gasteiger partial charge >= 0.3 is 12.1 Å². The van der Waals surface area contributed by atoms with Gasteiger partial charge in [0.25, 0.3) is 0 Å². The minimum atomic E-state index is -4.49. The molecule has 0 saturated carbocycles. The van der Waals surface area contributed by atoms with Gasteiger partial charge in [0.2, 0.25) is 0 Å². The Balaban J connectivity index is 0.00000225. The number of hydrogen-bond acceptors (Lipinski definition) is 2. The summed E-state index contributed by atoms with van der Waals surface area (Å²) in [5.74, 6) is -1.37. The number of carbonyl (C=O) groups is 1. The minimum Gasteiger partial charge on any atom is -0.480 e. The highest BCUT2D eigenvalue weighted by atomic mass is 19.4. The van der Waals surface area contributed by atoms with E-state index in [9.17, 15) is 18.0 Å². The molecular formula is C10H12F3NO2. The molecule has 1 rings (SSSR count). The Morgan fingerprint density at radius 1 is 1.38 bits per heavy atom. The highest BCUT2D eigenvalue weighted by Gasteiger charge is 2.31. The van der Waals surface area contributed by atoms with E-state index in [0.29, 0.717) is 0 Å². The predicted octanol–water partition coefficient (Wildman–Crippen LogP) is 2.43. The molecule has 1 aromatic rings. The maximum absolute atomic E-state index is 12.2. The van der Waals surface area contributed by atoms with Crippen LogP contribution in [0.25, 0.3) is 0 Å². The summed E-state index contributed by atoms with van der Waals surface area (Å²) < 4.78 is 36.7. The van der Waals surface area contributed by atoms with Crippen molar-refractivity contribution in [3.05, 3.63) is 35.4 Å². The van der Waals surface area contributed by atoms with Crippen LogP contribution in [0.5, 0.6) is 0 Å². The fraction of sp³-hybridized carbons (Fsp3) is 0.300. The van der Waals surface area contributed by atoms with E-state index in [2.05, 4.69) is 0 Å². The highest BCUT2D eigenvalue weighted by molar-refractivity contribution is 5.75. The van der Waals surface area contributed by atoms with Crippen molar-refractivity contribution >= 4 is 5.97 Å². The predicted molar refractivity (Wildman–Crippen MR) is 52.7 cm³/mol. The van der Waals surface area contributed by atoms with Crippen molar-refractivity contribution in [3.8, 4) is 0 Å². The molecule has 0 saturated heterocycles. The van der Waals surface area contributed by atoms with Gasteiger partial charge in [-0.05, 0) is 17.7 Å². The van der Waals surface area contributed by atoms with Crippen molar-refractivity contribution in [1.29, 1.82) is 0 Å². The molecule has 0 aromatic heterocycles. The van der Waals surface area contributed by atoms with Crippen LogP contribution in [0.1, 0.15) is 24.6 Å². The summed E-state index contributed by atoms with van der Waals surface area (Å²) >= 11 is 0. The van der Waals surface area contributed by atoms with E-state index in [-0.39, 0.29) is 13.0 Å². The number of nitrogens with two attached hydrogens (primary N) is 1. The van der Waals surface area contributed by atoms with E-state index >= 15 is 0 Å². The van der Waals surface area contributed by atoms with Gasteiger partial charge in [-0.15, -0.1) is 0 Å². The van der Waals surface area contributed by atoms with Crippen LogP contribution in [0.3, 0.4) is 0 Å². The van der Waals surface area contributed by atoms with Gasteiger partial charge < -0.3 is 10.8 Å². The smallest absolute Gasteiger partial charge is 0.416 e. The second-order valence-electron chi connectivity index (χ2n) is 2.94. The molecule has 0 amide bonds. The van der Waals surface area contributed by atoms with Gasteiger partial charge in [0.15, 0.2) is 0 Å². The van der Waals surface area contributed by atoms with E-state index in [1.165, 1.54) is 6.07 Å².